The molecule has 1 saturated heterocycles. The molecule has 0 aliphatic carbocycles. The van der Waals surface area contributed by atoms with Gasteiger partial charge in [0.25, 0.3) is 0 Å². The normalized spacial score (nSPS) is 31.2. The number of fused-ring (bicyclic) bond motifs is 2. The molecule has 0 amide bonds. The van der Waals surface area contributed by atoms with E-state index in [1.54, 1.807) is 0 Å². The Morgan fingerprint density at radius 3 is 2.36 bits per heavy atom. The topological polar surface area (TPSA) is 82.1 Å². The third-order valence-electron chi connectivity index (χ3n) is 5.26. The second-order valence-electron chi connectivity index (χ2n) is 7.30. The number of Topliss-reactive ketones (excluding diaryl/α,β-unsaturated/α-hetero) is 1. The van der Waals surface area contributed by atoms with Crippen molar-refractivity contribution in [2.45, 2.75) is 45.6 Å². The summed E-state index contributed by atoms with van der Waals surface area (Å²) in [5, 5.41) is 0. The van der Waals surface area contributed by atoms with Crippen molar-refractivity contribution < 1.29 is 28.6 Å². The standard InChI is InChI=1S/C21H25NO6/c1-13(23)19-17-10-11-22(16-8-6-5-7-9-16)21(19,4)28-18(12-26-14(2)24)20(17)27-15(3)25/h5-11,17-20H,12H2,1-4H3/t17-,18?,19?,20+,21-/m1/s1. The molecule has 0 saturated carbocycles. The average molecular weight is 387 g/mol. The van der Waals surface area contributed by atoms with Gasteiger partial charge in [-0.25, -0.2) is 0 Å². The lowest BCUT2D eigenvalue weighted by atomic mass is 9.71. The summed E-state index contributed by atoms with van der Waals surface area (Å²) in [6.45, 7) is 5.90. The highest BCUT2D eigenvalue weighted by atomic mass is 16.6. The third-order valence-corrected chi connectivity index (χ3v) is 5.26. The third kappa shape index (κ3) is 3.67. The maximum Gasteiger partial charge on any atom is 0.303 e. The Hall–Kier alpha value is -2.67. The smallest absolute Gasteiger partial charge is 0.303 e. The summed E-state index contributed by atoms with van der Waals surface area (Å²) < 4.78 is 17.0. The van der Waals surface area contributed by atoms with Crippen LogP contribution in [0.1, 0.15) is 27.7 Å². The van der Waals surface area contributed by atoms with E-state index in [0.29, 0.717) is 0 Å². The van der Waals surface area contributed by atoms with E-state index < -0.39 is 35.8 Å². The summed E-state index contributed by atoms with van der Waals surface area (Å²) in [6, 6.07) is 9.57. The van der Waals surface area contributed by atoms with Crippen molar-refractivity contribution in [3.8, 4) is 0 Å². The molecule has 150 valence electrons. The molecule has 2 aliphatic heterocycles. The van der Waals surface area contributed by atoms with E-state index in [1.165, 1.54) is 20.8 Å². The molecule has 0 aromatic heterocycles. The molecule has 2 aliphatic rings. The summed E-state index contributed by atoms with van der Waals surface area (Å²) in [5.41, 5.74) is -0.156. The molecule has 28 heavy (non-hydrogen) atoms. The number of benzene rings is 1. The minimum absolute atomic E-state index is 0.0686. The summed E-state index contributed by atoms with van der Waals surface area (Å²) in [4.78, 5) is 37.6. The van der Waals surface area contributed by atoms with Crippen molar-refractivity contribution >= 4 is 23.4 Å². The molecule has 0 spiro atoms. The van der Waals surface area contributed by atoms with Gasteiger partial charge >= 0.3 is 11.9 Å². The van der Waals surface area contributed by atoms with Crippen molar-refractivity contribution in [2.75, 3.05) is 11.5 Å². The maximum absolute atomic E-state index is 12.6. The lowest BCUT2D eigenvalue weighted by Gasteiger charge is -2.56. The van der Waals surface area contributed by atoms with E-state index in [2.05, 4.69) is 0 Å². The lowest BCUT2D eigenvalue weighted by Crippen LogP contribution is -2.68. The van der Waals surface area contributed by atoms with Crippen LogP contribution >= 0.6 is 0 Å². The summed E-state index contributed by atoms with van der Waals surface area (Å²) >= 11 is 0. The molecule has 0 N–H and O–H groups in total. The van der Waals surface area contributed by atoms with Gasteiger partial charge in [0.2, 0.25) is 0 Å². The Kier molecular flexibility index (Phi) is 5.56. The largest absolute Gasteiger partial charge is 0.463 e. The van der Waals surface area contributed by atoms with Gasteiger partial charge < -0.3 is 19.1 Å². The number of hydrogen-bond donors (Lipinski definition) is 0. The first kappa shape index (κ1) is 20.1. The molecule has 3 rings (SSSR count). The van der Waals surface area contributed by atoms with E-state index in [1.807, 2.05) is 54.4 Å². The molecular formula is C21H25NO6. The number of hydrogen-bond acceptors (Lipinski definition) is 7. The molecule has 1 fully saturated rings. The number of anilines is 1. The number of carbonyl (C=O) groups excluding carboxylic acids is 3. The van der Waals surface area contributed by atoms with E-state index >= 15 is 0 Å². The van der Waals surface area contributed by atoms with Gasteiger partial charge in [0.05, 0.1) is 5.92 Å². The highest BCUT2D eigenvalue weighted by molar-refractivity contribution is 5.82. The first-order valence-corrected chi connectivity index (χ1v) is 9.25. The number of rotatable bonds is 5. The second kappa shape index (κ2) is 7.75. The number of esters is 2. The molecule has 0 radical (unpaired) electrons. The fourth-order valence-corrected chi connectivity index (χ4v) is 4.26. The van der Waals surface area contributed by atoms with Crippen molar-refractivity contribution in [1.29, 1.82) is 0 Å². The van der Waals surface area contributed by atoms with Crippen molar-refractivity contribution in [2.24, 2.45) is 11.8 Å². The molecule has 2 heterocycles. The summed E-state index contributed by atoms with van der Waals surface area (Å²) in [5.74, 6) is -1.95. The van der Waals surface area contributed by atoms with E-state index in [9.17, 15) is 14.4 Å². The maximum atomic E-state index is 12.6. The molecule has 1 aromatic carbocycles. The van der Waals surface area contributed by atoms with Gasteiger partial charge in [-0.1, -0.05) is 24.3 Å². The van der Waals surface area contributed by atoms with Gasteiger partial charge in [0.15, 0.2) is 5.72 Å². The van der Waals surface area contributed by atoms with Crippen LogP contribution in [0.2, 0.25) is 0 Å². The number of ketones is 1. The minimum Gasteiger partial charge on any atom is -0.463 e. The SMILES string of the molecule is CC(=O)OCC1O[C@]2(C)C(C(C)=O)[C@@H](C=CN2c2ccccc2)[C@@H]1OC(C)=O. The van der Waals surface area contributed by atoms with Crippen LogP contribution in [-0.2, 0) is 28.6 Å². The Balaban J connectivity index is 2.05. The Morgan fingerprint density at radius 2 is 1.79 bits per heavy atom. The van der Waals surface area contributed by atoms with Gasteiger partial charge in [0.1, 0.15) is 24.6 Å². The van der Waals surface area contributed by atoms with Crippen LogP contribution in [-0.4, -0.2) is 42.3 Å². The van der Waals surface area contributed by atoms with Gasteiger partial charge in [-0.05, 0) is 26.0 Å². The molecule has 7 nitrogen and oxygen atoms in total. The predicted molar refractivity (Wildman–Crippen MR) is 101 cm³/mol. The lowest BCUT2D eigenvalue weighted by molar-refractivity contribution is -0.234. The minimum atomic E-state index is -1.02. The van der Waals surface area contributed by atoms with Crippen molar-refractivity contribution in [3.05, 3.63) is 42.6 Å². The van der Waals surface area contributed by atoms with E-state index in [0.717, 1.165) is 5.69 Å². The molecule has 2 bridgehead atoms. The van der Waals surface area contributed by atoms with Crippen LogP contribution in [0.15, 0.2) is 42.6 Å². The monoisotopic (exact) mass is 387 g/mol. The van der Waals surface area contributed by atoms with Crippen LogP contribution < -0.4 is 4.90 Å². The van der Waals surface area contributed by atoms with Gasteiger partial charge in [-0.3, -0.25) is 14.4 Å². The first-order chi connectivity index (χ1) is 13.2. The molecular weight excluding hydrogens is 362 g/mol. The van der Waals surface area contributed by atoms with Crippen molar-refractivity contribution in [3.63, 3.8) is 0 Å². The Bertz CT molecular complexity index is 791. The number of nitrogens with zero attached hydrogens (tertiary/aromatic N) is 1. The zero-order valence-corrected chi connectivity index (χ0v) is 16.5. The molecule has 1 aromatic rings. The van der Waals surface area contributed by atoms with Crippen LogP contribution in [0, 0.1) is 11.8 Å². The number of carbonyl (C=O) groups is 3. The van der Waals surface area contributed by atoms with Crippen molar-refractivity contribution in [1.82, 2.24) is 0 Å². The molecule has 7 heteroatoms. The van der Waals surface area contributed by atoms with Gasteiger partial charge in [-0.2, -0.15) is 0 Å². The van der Waals surface area contributed by atoms with Crippen LogP contribution in [0.3, 0.4) is 0 Å². The van der Waals surface area contributed by atoms with E-state index in [-0.39, 0.29) is 18.3 Å². The Morgan fingerprint density at radius 1 is 1.11 bits per heavy atom. The fourth-order valence-electron chi connectivity index (χ4n) is 4.26. The summed E-state index contributed by atoms with van der Waals surface area (Å²) in [6.07, 6.45) is 2.30. The second-order valence-corrected chi connectivity index (χ2v) is 7.30. The van der Waals surface area contributed by atoms with Crippen LogP contribution in [0.25, 0.3) is 0 Å². The molecule has 5 atom stereocenters. The fraction of sp³-hybridized carbons (Fsp3) is 0.476. The zero-order valence-electron chi connectivity index (χ0n) is 16.5. The zero-order chi connectivity index (χ0) is 20.5. The Labute approximate surface area is 164 Å². The molecule has 2 unspecified atom stereocenters. The first-order valence-electron chi connectivity index (χ1n) is 9.25. The van der Waals surface area contributed by atoms with E-state index in [4.69, 9.17) is 14.2 Å². The quantitative estimate of drug-likeness (QED) is 0.718. The van der Waals surface area contributed by atoms with Gasteiger partial charge in [0, 0.05) is 31.7 Å². The van der Waals surface area contributed by atoms with Crippen LogP contribution in [0.5, 0.6) is 0 Å². The summed E-state index contributed by atoms with van der Waals surface area (Å²) in [7, 11) is 0. The van der Waals surface area contributed by atoms with Gasteiger partial charge in [-0.15, -0.1) is 0 Å². The number of para-hydroxylation sites is 1. The number of ether oxygens (including phenoxy) is 3. The average Bonchev–Trinajstić information content (AvgIpc) is 2.62. The van der Waals surface area contributed by atoms with Crippen LogP contribution in [0.4, 0.5) is 5.69 Å². The highest BCUT2D eigenvalue weighted by Gasteiger charge is 2.59. The predicted octanol–water partition coefficient (Wildman–Crippen LogP) is 2.45. The highest BCUT2D eigenvalue weighted by Crippen LogP contribution is 2.47.